The molecule has 0 spiro atoms. The lowest BCUT2D eigenvalue weighted by Gasteiger charge is -2.24. The first-order valence-corrected chi connectivity index (χ1v) is 7.36. The van der Waals surface area contributed by atoms with Crippen LogP contribution in [-0.2, 0) is 6.54 Å². The highest BCUT2D eigenvalue weighted by Gasteiger charge is 2.24. The molecule has 1 N–H and O–H groups in total. The number of anilines is 1. The summed E-state index contributed by atoms with van der Waals surface area (Å²) in [5.74, 6) is 0.891. The van der Waals surface area contributed by atoms with E-state index in [1.807, 2.05) is 0 Å². The normalized spacial score (nSPS) is 14.8. The Bertz CT molecular complexity index is 388. The second-order valence-electron chi connectivity index (χ2n) is 5.05. The lowest BCUT2D eigenvalue weighted by atomic mass is 10.2. The van der Waals surface area contributed by atoms with Gasteiger partial charge in [0.15, 0.2) is 0 Å². The van der Waals surface area contributed by atoms with Crippen LogP contribution in [0.3, 0.4) is 0 Å². The lowest BCUT2D eigenvalue weighted by Crippen LogP contribution is -2.25. The zero-order valence-electron chi connectivity index (χ0n) is 11.4. The number of hydrogen-bond acceptors (Lipinski definition) is 2. The van der Waals surface area contributed by atoms with Gasteiger partial charge in [-0.1, -0.05) is 24.6 Å². The molecule has 0 radical (unpaired) electrons. The smallest absolute Gasteiger partial charge is 0.0642 e. The maximum Gasteiger partial charge on any atom is 0.0642 e. The van der Waals surface area contributed by atoms with Crippen LogP contribution >= 0.6 is 11.6 Å². The lowest BCUT2D eigenvalue weighted by molar-refractivity contribution is 0.724. The fourth-order valence-electron chi connectivity index (χ4n) is 2.20. The summed E-state index contributed by atoms with van der Waals surface area (Å²) in [6.07, 6.45) is 2.76. The van der Waals surface area contributed by atoms with Crippen molar-refractivity contribution >= 4 is 17.3 Å². The zero-order chi connectivity index (χ0) is 13.0. The minimum Gasteiger partial charge on any atom is -0.370 e. The highest BCUT2D eigenvalue weighted by molar-refractivity contribution is 6.33. The second kappa shape index (κ2) is 6.44. The van der Waals surface area contributed by atoms with Gasteiger partial charge in [0.25, 0.3) is 0 Å². The van der Waals surface area contributed by atoms with E-state index in [0.717, 1.165) is 37.1 Å². The molecule has 3 heteroatoms. The molecule has 1 aromatic rings. The van der Waals surface area contributed by atoms with Gasteiger partial charge in [0, 0.05) is 19.6 Å². The summed E-state index contributed by atoms with van der Waals surface area (Å²) in [4.78, 5) is 2.40. The van der Waals surface area contributed by atoms with Crippen LogP contribution in [0.25, 0.3) is 0 Å². The summed E-state index contributed by atoms with van der Waals surface area (Å²) < 4.78 is 0. The van der Waals surface area contributed by atoms with Crippen LogP contribution in [-0.4, -0.2) is 19.6 Å². The molecule has 1 aliphatic carbocycles. The van der Waals surface area contributed by atoms with E-state index in [-0.39, 0.29) is 0 Å². The van der Waals surface area contributed by atoms with Crippen molar-refractivity contribution in [2.75, 3.05) is 24.5 Å². The Labute approximate surface area is 115 Å². The molecule has 0 aliphatic heterocycles. The molecule has 2 nitrogen and oxygen atoms in total. The number of halogens is 1. The molecular weight excluding hydrogens is 244 g/mol. The Hall–Kier alpha value is -0.730. The Balaban J connectivity index is 2.06. The third kappa shape index (κ3) is 3.63. The Kier molecular flexibility index (Phi) is 4.90. The number of rotatable bonds is 7. The predicted octanol–water partition coefficient (Wildman–Crippen LogP) is 3.69. The molecular formula is C15H23ClN2. The Morgan fingerprint density at radius 1 is 1.33 bits per heavy atom. The maximum absolute atomic E-state index is 6.42. The van der Waals surface area contributed by atoms with Crippen LogP contribution in [0.4, 0.5) is 5.69 Å². The molecule has 1 aromatic carbocycles. The summed E-state index contributed by atoms with van der Waals surface area (Å²) in [6.45, 7) is 8.38. The van der Waals surface area contributed by atoms with Crippen LogP contribution in [0.5, 0.6) is 0 Å². The minimum atomic E-state index is 0.882. The molecule has 18 heavy (non-hydrogen) atoms. The molecule has 0 saturated heterocycles. The van der Waals surface area contributed by atoms with Gasteiger partial charge in [0.1, 0.15) is 0 Å². The van der Waals surface area contributed by atoms with E-state index in [1.54, 1.807) is 0 Å². The monoisotopic (exact) mass is 266 g/mol. The molecule has 0 amide bonds. The van der Waals surface area contributed by atoms with Crippen molar-refractivity contribution in [3.63, 3.8) is 0 Å². The molecule has 1 saturated carbocycles. The summed E-state index contributed by atoms with van der Waals surface area (Å²) in [7, 11) is 0. The van der Waals surface area contributed by atoms with Crippen molar-refractivity contribution in [3.05, 3.63) is 28.8 Å². The molecule has 0 atom stereocenters. The molecule has 2 rings (SSSR count). The minimum absolute atomic E-state index is 0.882. The fourth-order valence-corrected chi connectivity index (χ4v) is 2.52. The van der Waals surface area contributed by atoms with E-state index in [4.69, 9.17) is 11.6 Å². The number of benzene rings is 1. The number of hydrogen-bond donors (Lipinski definition) is 1. The van der Waals surface area contributed by atoms with Gasteiger partial charge in [0.2, 0.25) is 0 Å². The molecule has 1 aliphatic rings. The van der Waals surface area contributed by atoms with E-state index in [2.05, 4.69) is 42.3 Å². The van der Waals surface area contributed by atoms with Gasteiger partial charge in [-0.2, -0.15) is 0 Å². The molecule has 0 bridgehead atoms. The first-order valence-electron chi connectivity index (χ1n) is 6.98. The van der Waals surface area contributed by atoms with Crippen LogP contribution in [0.15, 0.2) is 18.2 Å². The van der Waals surface area contributed by atoms with Crippen LogP contribution in [0.2, 0.25) is 5.02 Å². The van der Waals surface area contributed by atoms with Crippen molar-refractivity contribution in [1.29, 1.82) is 0 Å². The van der Waals surface area contributed by atoms with E-state index >= 15 is 0 Å². The molecule has 100 valence electrons. The van der Waals surface area contributed by atoms with Gasteiger partial charge < -0.3 is 10.2 Å². The van der Waals surface area contributed by atoms with Crippen molar-refractivity contribution in [2.45, 2.75) is 33.2 Å². The van der Waals surface area contributed by atoms with E-state index in [9.17, 15) is 0 Å². The number of nitrogens with one attached hydrogen (secondary N) is 1. The first kappa shape index (κ1) is 13.7. The first-order chi connectivity index (χ1) is 8.74. The van der Waals surface area contributed by atoms with Crippen molar-refractivity contribution in [2.24, 2.45) is 5.92 Å². The standard InChI is InChI=1S/C15H23ClN2/c1-3-17-10-13-7-8-15(14(16)9-13)18(4-2)11-12-5-6-12/h7-9,12,17H,3-6,10-11H2,1-2H3. The molecule has 0 heterocycles. The van der Waals surface area contributed by atoms with Gasteiger partial charge in [0.05, 0.1) is 10.7 Å². The summed E-state index contributed by atoms with van der Waals surface area (Å²) in [5.41, 5.74) is 2.44. The Morgan fingerprint density at radius 3 is 2.67 bits per heavy atom. The number of nitrogens with zero attached hydrogens (tertiary/aromatic N) is 1. The van der Waals surface area contributed by atoms with Gasteiger partial charge in [-0.25, -0.2) is 0 Å². The topological polar surface area (TPSA) is 15.3 Å². The van der Waals surface area contributed by atoms with Crippen molar-refractivity contribution < 1.29 is 0 Å². The van der Waals surface area contributed by atoms with Crippen molar-refractivity contribution in [1.82, 2.24) is 5.32 Å². The van der Waals surface area contributed by atoms with Crippen LogP contribution in [0.1, 0.15) is 32.3 Å². The summed E-state index contributed by atoms with van der Waals surface area (Å²) in [5, 5.41) is 4.21. The van der Waals surface area contributed by atoms with E-state index in [1.165, 1.54) is 24.1 Å². The highest BCUT2D eigenvalue weighted by Crippen LogP contribution is 2.34. The predicted molar refractivity (Wildman–Crippen MR) is 79.4 cm³/mol. The summed E-state index contributed by atoms with van der Waals surface area (Å²) >= 11 is 6.42. The van der Waals surface area contributed by atoms with Gasteiger partial charge in [-0.3, -0.25) is 0 Å². The molecule has 1 fully saturated rings. The highest BCUT2D eigenvalue weighted by atomic mass is 35.5. The maximum atomic E-state index is 6.42. The second-order valence-corrected chi connectivity index (χ2v) is 5.46. The quantitative estimate of drug-likeness (QED) is 0.810. The van der Waals surface area contributed by atoms with Crippen LogP contribution < -0.4 is 10.2 Å². The molecule has 0 aromatic heterocycles. The average Bonchev–Trinajstić information content (AvgIpc) is 3.18. The van der Waals surface area contributed by atoms with E-state index < -0.39 is 0 Å². The molecule has 0 unspecified atom stereocenters. The zero-order valence-corrected chi connectivity index (χ0v) is 12.1. The van der Waals surface area contributed by atoms with Gasteiger partial charge in [-0.15, -0.1) is 0 Å². The average molecular weight is 267 g/mol. The summed E-state index contributed by atoms with van der Waals surface area (Å²) in [6, 6.07) is 6.44. The van der Waals surface area contributed by atoms with E-state index in [0.29, 0.717) is 0 Å². The third-order valence-electron chi connectivity index (χ3n) is 3.49. The van der Waals surface area contributed by atoms with Crippen molar-refractivity contribution in [3.8, 4) is 0 Å². The fraction of sp³-hybridized carbons (Fsp3) is 0.600. The SMILES string of the molecule is CCNCc1ccc(N(CC)CC2CC2)c(Cl)c1. The third-order valence-corrected chi connectivity index (χ3v) is 3.79. The van der Waals surface area contributed by atoms with Crippen LogP contribution in [0, 0.1) is 5.92 Å². The van der Waals surface area contributed by atoms with Gasteiger partial charge >= 0.3 is 0 Å². The van der Waals surface area contributed by atoms with Gasteiger partial charge in [-0.05, 0) is 49.9 Å². The largest absolute Gasteiger partial charge is 0.370 e. The Morgan fingerprint density at radius 2 is 2.11 bits per heavy atom.